The van der Waals surface area contributed by atoms with Crippen LogP contribution in [0.25, 0.3) is 11.1 Å². The standard InChI is InChI=1S/C13H11O/c1-10-9-12(7-8-13(10)14)11-5-3-2-4-6-11/h2-9,14H,1H2. The van der Waals surface area contributed by atoms with Crippen LogP contribution in [0.15, 0.2) is 48.5 Å². The number of phenolic OH excluding ortho intramolecular Hbond substituents is 1. The molecule has 1 heteroatoms. The van der Waals surface area contributed by atoms with Crippen LogP contribution in [0.1, 0.15) is 5.56 Å². The van der Waals surface area contributed by atoms with E-state index in [9.17, 15) is 5.11 Å². The van der Waals surface area contributed by atoms with Gasteiger partial charge in [-0.05, 0) is 35.7 Å². The van der Waals surface area contributed by atoms with Gasteiger partial charge in [-0.15, -0.1) is 0 Å². The largest absolute Gasteiger partial charge is 0.508 e. The molecule has 0 saturated heterocycles. The Labute approximate surface area is 83.6 Å². The highest BCUT2D eigenvalue weighted by molar-refractivity contribution is 5.65. The molecule has 0 aliphatic rings. The predicted molar refractivity (Wildman–Crippen MR) is 58.0 cm³/mol. The second-order valence-electron chi connectivity index (χ2n) is 3.21. The topological polar surface area (TPSA) is 20.2 Å². The molecule has 2 aromatic carbocycles. The predicted octanol–water partition coefficient (Wildman–Crippen LogP) is 3.24. The Morgan fingerprint density at radius 1 is 0.857 bits per heavy atom. The van der Waals surface area contributed by atoms with Crippen molar-refractivity contribution in [2.45, 2.75) is 0 Å². The van der Waals surface area contributed by atoms with Crippen LogP contribution in [0.3, 0.4) is 0 Å². The van der Waals surface area contributed by atoms with Gasteiger partial charge in [0.15, 0.2) is 0 Å². The summed E-state index contributed by atoms with van der Waals surface area (Å²) in [5, 5.41) is 9.33. The molecule has 0 heterocycles. The third-order valence-corrected chi connectivity index (χ3v) is 2.19. The molecule has 0 atom stereocenters. The van der Waals surface area contributed by atoms with Crippen LogP contribution in [-0.4, -0.2) is 5.11 Å². The first-order valence-corrected chi connectivity index (χ1v) is 4.48. The van der Waals surface area contributed by atoms with Crippen LogP contribution in [0.4, 0.5) is 0 Å². The van der Waals surface area contributed by atoms with Gasteiger partial charge in [0.1, 0.15) is 5.75 Å². The molecule has 0 aromatic heterocycles. The summed E-state index contributed by atoms with van der Waals surface area (Å²) < 4.78 is 0. The van der Waals surface area contributed by atoms with Crippen molar-refractivity contribution in [3.8, 4) is 16.9 Å². The number of aromatic hydroxyl groups is 1. The monoisotopic (exact) mass is 183 g/mol. The minimum atomic E-state index is 0.240. The van der Waals surface area contributed by atoms with Gasteiger partial charge in [-0.3, -0.25) is 0 Å². The highest BCUT2D eigenvalue weighted by Crippen LogP contribution is 2.24. The molecule has 0 spiro atoms. The minimum Gasteiger partial charge on any atom is -0.508 e. The molecule has 1 N–H and O–H groups in total. The SMILES string of the molecule is [CH2]c1cc(-c2ccccc2)ccc1O. The van der Waals surface area contributed by atoms with E-state index in [0.717, 1.165) is 11.1 Å². The quantitative estimate of drug-likeness (QED) is 0.719. The van der Waals surface area contributed by atoms with E-state index in [2.05, 4.69) is 6.92 Å². The third-order valence-electron chi connectivity index (χ3n) is 2.19. The maximum Gasteiger partial charge on any atom is 0.118 e. The van der Waals surface area contributed by atoms with Crippen molar-refractivity contribution in [1.82, 2.24) is 0 Å². The van der Waals surface area contributed by atoms with Crippen LogP contribution >= 0.6 is 0 Å². The zero-order valence-corrected chi connectivity index (χ0v) is 7.77. The van der Waals surface area contributed by atoms with Crippen LogP contribution in [-0.2, 0) is 0 Å². The van der Waals surface area contributed by atoms with Gasteiger partial charge in [-0.2, -0.15) is 0 Å². The molecule has 0 saturated carbocycles. The van der Waals surface area contributed by atoms with Crippen LogP contribution in [0, 0.1) is 6.92 Å². The molecule has 0 unspecified atom stereocenters. The van der Waals surface area contributed by atoms with Crippen molar-refractivity contribution in [2.24, 2.45) is 0 Å². The molecule has 0 fully saturated rings. The van der Waals surface area contributed by atoms with Crippen molar-refractivity contribution in [1.29, 1.82) is 0 Å². The van der Waals surface area contributed by atoms with Gasteiger partial charge in [-0.25, -0.2) is 0 Å². The summed E-state index contributed by atoms with van der Waals surface area (Å²) in [5.41, 5.74) is 2.87. The Hall–Kier alpha value is -1.76. The number of phenols is 1. The fraction of sp³-hybridized carbons (Fsp3) is 0. The summed E-state index contributed by atoms with van der Waals surface area (Å²) in [6, 6.07) is 15.5. The maximum atomic E-state index is 9.33. The molecule has 0 bridgehead atoms. The second kappa shape index (κ2) is 3.54. The summed E-state index contributed by atoms with van der Waals surface area (Å²) in [6.07, 6.45) is 0. The smallest absolute Gasteiger partial charge is 0.118 e. The molecule has 0 aliphatic heterocycles. The molecule has 2 rings (SSSR count). The van der Waals surface area contributed by atoms with E-state index in [1.54, 1.807) is 6.07 Å². The summed E-state index contributed by atoms with van der Waals surface area (Å²) >= 11 is 0. The van der Waals surface area contributed by atoms with Crippen molar-refractivity contribution < 1.29 is 5.11 Å². The van der Waals surface area contributed by atoms with Gasteiger partial charge in [0.25, 0.3) is 0 Å². The molecular formula is C13H11O. The number of rotatable bonds is 1. The summed E-state index contributed by atoms with van der Waals surface area (Å²) in [6.45, 7) is 3.76. The lowest BCUT2D eigenvalue weighted by molar-refractivity contribution is 0.473. The molecule has 69 valence electrons. The van der Waals surface area contributed by atoms with Crippen molar-refractivity contribution in [3.63, 3.8) is 0 Å². The van der Waals surface area contributed by atoms with Gasteiger partial charge in [0.05, 0.1) is 0 Å². The molecule has 2 aromatic rings. The molecule has 0 amide bonds. The number of benzene rings is 2. The van der Waals surface area contributed by atoms with Gasteiger partial charge in [0, 0.05) is 0 Å². The summed E-state index contributed by atoms with van der Waals surface area (Å²) in [7, 11) is 0. The van der Waals surface area contributed by atoms with Gasteiger partial charge >= 0.3 is 0 Å². The highest BCUT2D eigenvalue weighted by atomic mass is 16.3. The fourth-order valence-electron chi connectivity index (χ4n) is 1.40. The van der Waals surface area contributed by atoms with Gasteiger partial charge < -0.3 is 5.11 Å². The number of hydrogen-bond acceptors (Lipinski definition) is 1. The average molecular weight is 183 g/mol. The first-order chi connectivity index (χ1) is 6.77. The second-order valence-corrected chi connectivity index (χ2v) is 3.21. The maximum absolute atomic E-state index is 9.33. The Balaban J connectivity index is 2.48. The lowest BCUT2D eigenvalue weighted by atomic mass is 10.0. The van der Waals surface area contributed by atoms with E-state index < -0.39 is 0 Å². The molecule has 1 nitrogen and oxygen atoms in total. The minimum absolute atomic E-state index is 0.240. The van der Waals surface area contributed by atoms with E-state index in [1.807, 2.05) is 42.5 Å². The summed E-state index contributed by atoms with van der Waals surface area (Å²) in [5.74, 6) is 0.240. The van der Waals surface area contributed by atoms with Crippen molar-refractivity contribution >= 4 is 0 Å². The zero-order valence-electron chi connectivity index (χ0n) is 7.77. The first-order valence-electron chi connectivity index (χ1n) is 4.48. The lowest BCUT2D eigenvalue weighted by Crippen LogP contribution is -1.79. The van der Waals surface area contributed by atoms with Crippen molar-refractivity contribution in [3.05, 3.63) is 61.0 Å². The molecule has 1 radical (unpaired) electrons. The van der Waals surface area contributed by atoms with E-state index in [4.69, 9.17) is 0 Å². The van der Waals surface area contributed by atoms with E-state index in [0.29, 0.717) is 5.56 Å². The van der Waals surface area contributed by atoms with Gasteiger partial charge in [-0.1, -0.05) is 36.4 Å². The Morgan fingerprint density at radius 2 is 1.57 bits per heavy atom. The zero-order chi connectivity index (χ0) is 9.97. The first kappa shape index (κ1) is 8.82. The average Bonchev–Trinajstić information content (AvgIpc) is 2.23. The molecular weight excluding hydrogens is 172 g/mol. The summed E-state index contributed by atoms with van der Waals surface area (Å²) in [4.78, 5) is 0. The highest BCUT2D eigenvalue weighted by Gasteiger charge is 1.99. The van der Waals surface area contributed by atoms with E-state index in [-0.39, 0.29) is 5.75 Å². The normalized spacial score (nSPS) is 10.1. The Kier molecular flexibility index (Phi) is 2.23. The molecule has 0 aliphatic carbocycles. The lowest BCUT2D eigenvalue weighted by Gasteiger charge is -2.03. The Bertz CT molecular complexity index is 432. The van der Waals surface area contributed by atoms with Crippen LogP contribution in [0.5, 0.6) is 5.75 Å². The van der Waals surface area contributed by atoms with Crippen LogP contribution < -0.4 is 0 Å². The van der Waals surface area contributed by atoms with Crippen LogP contribution in [0.2, 0.25) is 0 Å². The molecule has 14 heavy (non-hydrogen) atoms. The Morgan fingerprint density at radius 3 is 2.21 bits per heavy atom. The van der Waals surface area contributed by atoms with E-state index >= 15 is 0 Å². The van der Waals surface area contributed by atoms with Crippen molar-refractivity contribution in [2.75, 3.05) is 0 Å². The van der Waals surface area contributed by atoms with Gasteiger partial charge in [0.2, 0.25) is 0 Å². The number of hydrogen-bond donors (Lipinski definition) is 1. The fourth-order valence-corrected chi connectivity index (χ4v) is 1.40. The third kappa shape index (κ3) is 1.62. The van der Waals surface area contributed by atoms with E-state index in [1.165, 1.54) is 0 Å².